The third kappa shape index (κ3) is 3.48. The van der Waals surface area contributed by atoms with Crippen molar-refractivity contribution in [1.82, 2.24) is 15.1 Å². The van der Waals surface area contributed by atoms with E-state index in [9.17, 15) is 5.11 Å². The maximum absolute atomic E-state index is 9.51. The second-order valence-corrected chi connectivity index (χ2v) is 6.15. The lowest BCUT2D eigenvalue weighted by Crippen LogP contribution is -2.35. The number of nitrogens with one attached hydrogen (secondary N) is 2. The number of hydrogen-bond acceptors (Lipinski definition) is 4. The van der Waals surface area contributed by atoms with Crippen molar-refractivity contribution in [2.75, 3.05) is 18.4 Å². The molecule has 0 radical (unpaired) electrons. The highest BCUT2D eigenvalue weighted by Crippen LogP contribution is 2.18. The summed E-state index contributed by atoms with van der Waals surface area (Å²) in [5.41, 5.74) is 3.26. The molecule has 1 aliphatic rings. The third-order valence-electron chi connectivity index (χ3n) is 4.13. The van der Waals surface area contributed by atoms with Gasteiger partial charge in [0.2, 0.25) is 0 Å². The van der Waals surface area contributed by atoms with E-state index in [0.717, 1.165) is 43.3 Å². The van der Waals surface area contributed by atoms with Gasteiger partial charge in [0.25, 0.3) is 0 Å². The number of nitrogens with zero attached hydrogens (tertiary/aromatic N) is 2. The number of fused-ring (bicyclic) bond motifs is 1. The van der Waals surface area contributed by atoms with Crippen LogP contribution in [0.1, 0.15) is 29.8 Å². The van der Waals surface area contributed by atoms with Gasteiger partial charge in [-0.2, -0.15) is 5.10 Å². The number of aliphatic hydroxyl groups is 1. The monoisotopic (exact) mass is 300 g/mol. The van der Waals surface area contributed by atoms with Crippen LogP contribution in [0.4, 0.5) is 5.82 Å². The van der Waals surface area contributed by atoms with E-state index in [1.807, 2.05) is 19.1 Å². The van der Waals surface area contributed by atoms with Gasteiger partial charge in [-0.15, -0.1) is 0 Å². The van der Waals surface area contributed by atoms with Crippen LogP contribution in [0.3, 0.4) is 0 Å². The molecule has 0 spiro atoms. The zero-order valence-corrected chi connectivity index (χ0v) is 13.2. The first kappa shape index (κ1) is 15.1. The summed E-state index contributed by atoms with van der Waals surface area (Å²) in [7, 11) is 0. The smallest absolute Gasteiger partial charge is 0.124 e. The Labute approximate surface area is 131 Å². The molecule has 5 nitrogen and oxygen atoms in total. The van der Waals surface area contributed by atoms with E-state index in [2.05, 4.69) is 38.6 Å². The molecular weight excluding hydrogens is 276 g/mol. The van der Waals surface area contributed by atoms with Crippen LogP contribution in [0.15, 0.2) is 30.3 Å². The lowest BCUT2D eigenvalue weighted by molar-refractivity contribution is 0.199. The number of aliphatic hydroxyl groups excluding tert-OH is 1. The molecule has 2 heterocycles. The Kier molecular flexibility index (Phi) is 4.45. The van der Waals surface area contributed by atoms with Gasteiger partial charge in [0.1, 0.15) is 5.82 Å². The van der Waals surface area contributed by atoms with Crippen molar-refractivity contribution in [3.8, 4) is 0 Å². The van der Waals surface area contributed by atoms with Crippen LogP contribution in [-0.4, -0.2) is 28.0 Å². The number of aromatic nitrogens is 2. The minimum absolute atomic E-state index is 0.401. The van der Waals surface area contributed by atoms with E-state index in [1.54, 1.807) is 6.92 Å². The molecule has 5 heteroatoms. The normalized spacial score (nSPS) is 18.6. The van der Waals surface area contributed by atoms with Crippen molar-refractivity contribution < 1.29 is 5.11 Å². The van der Waals surface area contributed by atoms with E-state index >= 15 is 0 Å². The number of rotatable bonds is 5. The van der Waals surface area contributed by atoms with Crippen LogP contribution in [0, 0.1) is 12.8 Å². The minimum atomic E-state index is -0.401. The Morgan fingerprint density at radius 2 is 2.18 bits per heavy atom. The fraction of sp³-hybridized carbons (Fsp3) is 0.471. The fourth-order valence-electron chi connectivity index (χ4n) is 2.86. The summed E-state index contributed by atoms with van der Waals surface area (Å²) in [4.78, 5) is 0. The summed E-state index contributed by atoms with van der Waals surface area (Å²) in [5, 5.41) is 21.0. The Bertz CT molecular complexity index is 618. The molecule has 1 aromatic carbocycles. The van der Waals surface area contributed by atoms with Crippen LogP contribution < -0.4 is 10.6 Å². The molecule has 2 unspecified atom stereocenters. The zero-order chi connectivity index (χ0) is 15.5. The molecule has 3 N–H and O–H groups in total. The second-order valence-electron chi connectivity index (χ2n) is 6.15. The Morgan fingerprint density at radius 3 is 2.91 bits per heavy atom. The molecule has 0 amide bonds. The first-order valence-electron chi connectivity index (χ1n) is 7.88. The zero-order valence-electron chi connectivity index (χ0n) is 13.2. The van der Waals surface area contributed by atoms with Gasteiger partial charge in [-0.05, 0) is 25.0 Å². The molecule has 1 aliphatic heterocycles. The van der Waals surface area contributed by atoms with Gasteiger partial charge in [0.15, 0.2) is 0 Å². The molecule has 0 saturated carbocycles. The summed E-state index contributed by atoms with van der Waals surface area (Å²) in [6.07, 6.45) is -0.401. The number of anilines is 1. The van der Waals surface area contributed by atoms with E-state index in [1.165, 1.54) is 5.56 Å². The summed E-state index contributed by atoms with van der Waals surface area (Å²) in [6, 6.07) is 10.2. The van der Waals surface area contributed by atoms with Gasteiger partial charge < -0.3 is 15.7 Å². The standard InChI is InChI=1S/C17H24N4O/c1-12-7-17-19-10-15(11-21(17)20-12)9-18-8-14-3-5-16(6-4-14)13(2)22/h3-7,13,15,18-19,22H,8-11H2,1-2H3. The van der Waals surface area contributed by atoms with Gasteiger partial charge in [0.05, 0.1) is 11.8 Å². The summed E-state index contributed by atoms with van der Waals surface area (Å²) in [5.74, 6) is 1.67. The molecule has 0 fully saturated rings. The minimum Gasteiger partial charge on any atom is -0.389 e. The van der Waals surface area contributed by atoms with Crippen molar-refractivity contribution in [1.29, 1.82) is 0 Å². The largest absolute Gasteiger partial charge is 0.389 e. The summed E-state index contributed by atoms with van der Waals surface area (Å²) < 4.78 is 2.06. The van der Waals surface area contributed by atoms with Crippen molar-refractivity contribution in [3.63, 3.8) is 0 Å². The highest BCUT2D eigenvalue weighted by molar-refractivity contribution is 5.38. The Hall–Kier alpha value is -1.85. The Balaban J connectivity index is 1.47. The molecule has 3 rings (SSSR count). The predicted octanol–water partition coefficient (Wildman–Crippen LogP) is 2.08. The van der Waals surface area contributed by atoms with Crippen LogP contribution in [-0.2, 0) is 13.1 Å². The molecule has 1 aromatic heterocycles. The van der Waals surface area contributed by atoms with Gasteiger partial charge in [-0.1, -0.05) is 24.3 Å². The molecule has 0 saturated heterocycles. The van der Waals surface area contributed by atoms with Gasteiger partial charge in [0, 0.05) is 38.2 Å². The highest BCUT2D eigenvalue weighted by Gasteiger charge is 2.18. The van der Waals surface area contributed by atoms with Crippen molar-refractivity contribution in [2.45, 2.75) is 33.0 Å². The van der Waals surface area contributed by atoms with Crippen LogP contribution in [0.5, 0.6) is 0 Å². The molecule has 0 bridgehead atoms. The number of benzene rings is 1. The van der Waals surface area contributed by atoms with E-state index in [-0.39, 0.29) is 0 Å². The van der Waals surface area contributed by atoms with Gasteiger partial charge >= 0.3 is 0 Å². The van der Waals surface area contributed by atoms with Crippen LogP contribution >= 0.6 is 0 Å². The van der Waals surface area contributed by atoms with Gasteiger partial charge in [-0.25, -0.2) is 4.68 Å². The maximum atomic E-state index is 9.51. The van der Waals surface area contributed by atoms with Crippen molar-refractivity contribution in [2.24, 2.45) is 5.92 Å². The van der Waals surface area contributed by atoms with E-state index < -0.39 is 6.10 Å². The average Bonchev–Trinajstić information content (AvgIpc) is 2.87. The SMILES string of the molecule is Cc1cc2n(n1)CC(CNCc1ccc(C(C)O)cc1)CN2. The lowest BCUT2D eigenvalue weighted by Gasteiger charge is -2.25. The first-order valence-corrected chi connectivity index (χ1v) is 7.88. The van der Waals surface area contributed by atoms with E-state index in [0.29, 0.717) is 5.92 Å². The summed E-state index contributed by atoms with van der Waals surface area (Å²) in [6.45, 7) is 7.57. The predicted molar refractivity (Wildman–Crippen MR) is 87.7 cm³/mol. The second kappa shape index (κ2) is 6.50. The molecule has 2 atom stereocenters. The number of hydrogen-bond donors (Lipinski definition) is 3. The first-order chi connectivity index (χ1) is 10.6. The maximum Gasteiger partial charge on any atom is 0.124 e. The Morgan fingerprint density at radius 1 is 1.41 bits per heavy atom. The van der Waals surface area contributed by atoms with Crippen molar-refractivity contribution >= 4 is 5.82 Å². The van der Waals surface area contributed by atoms with E-state index in [4.69, 9.17) is 0 Å². The highest BCUT2D eigenvalue weighted by atomic mass is 16.3. The van der Waals surface area contributed by atoms with Gasteiger partial charge in [-0.3, -0.25) is 0 Å². The fourth-order valence-corrected chi connectivity index (χ4v) is 2.86. The molecule has 22 heavy (non-hydrogen) atoms. The molecular formula is C17H24N4O. The molecule has 118 valence electrons. The van der Waals surface area contributed by atoms with Crippen LogP contribution in [0.25, 0.3) is 0 Å². The summed E-state index contributed by atoms with van der Waals surface area (Å²) >= 11 is 0. The third-order valence-corrected chi connectivity index (χ3v) is 4.13. The number of aryl methyl sites for hydroxylation is 1. The molecule has 2 aromatic rings. The average molecular weight is 300 g/mol. The lowest BCUT2D eigenvalue weighted by atomic mass is 10.1. The topological polar surface area (TPSA) is 62.1 Å². The van der Waals surface area contributed by atoms with Crippen LogP contribution in [0.2, 0.25) is 0 Å². The molecule has 0 aliphatic carbocycles. The quantitative estimate of drug-likeness (QED) is 0.791. The van der Waals surface area contributed by atoms with Crippen molar-refractivity contribution in [3.05, 3.63) is 47.2 Å².